The summed E-state index contributed by atoms with van der Waals surface area (Å²) >= 11 is 0. The van der Waals surface area contributed by atoms with E-state index in [1.54, 1.807) is 19.1 Å². The lowest BCUT2D eigenvalue weighted by Crippen LogP contribution is -2.48. The lowest BCUT2D eigenvalue weighted by molar-refractivity contribution is -0.384. The molecule has 0 bridgehead atoms. The molecule has 2 aromatic rings. The number of hydrogen-bond donors (Lipinski definition) is 1. The second-order valence-electron chi connectivity index (χ2n) is 6.41. The highest BCUT2D eigenvalue weighted by Crippen LogP contribution is 2.26. The van der Waals surface area contributed by atoms with Crippen LogP contribution in [0.4, 0.5) is 21.0 Å². The van der Waals surface area contributed by atoms with E-state index in [4.69, 9.17) is 14.6 Å². The number of benzene rings is 2. The van der Waals surface area contributed by atoms with Crippen LogP contribution in [0.5, 0.6) is 11.5 Å². The minimum Gasteiger partial charge on any atom is -0.465 e. The molecule has 2 aromatic carbocycles. The van der Waals surface area contributed by atoms with Gasteiger partial charge in [-0.3, -0.25) is 10.1 Å². The third kappa shape index (κ3) is 4.92. The highest BCUT2D eigenvalue weighted by Gasteiger charge is 2.21. The SMILES string of the molecule is Cc1cc(N2CCN(C(=O)O)CC2)ccc1OC(=O)Oc1ccc([N+](=O)[O-])cc1. The molecule has 0 unspecified atom stereocenters. The topological polar surface area (TPSA) is 122 Å². The number of carbonyl (C=O) groups excluding carboxylic acids is 1. The third-order valence-electron chi connectivity index (χ3n) is 4.52. The molecule has 1 aliphatic heterocycles. The van der Waals surface area contributed by atoms with Crippen LogP contribution in [0.3, 0.4) is 0 Å². The number of nitrogens with zero attached hydrogens (tertiary/aromatic N) is 3. The summed E-state index contributed by atoms with van der Waals surface area (Å²) in [6, 6.07) is 10.4. The molecule has 0 atom stereocenters. The maximum Gasteiger partial charge on any atom is 0.519 e. The van der Waals surface area contributed by atoms with E-state index in [-0.39, 0.29) is 11.4 Å². The van der Waals surface area contributed by atoms with Gasteiger partial charge in [-0.05, 0) is 42.8 Å². The molecule has 0 saturated carbocycles. The molecule has 0 radical (unpaired) electrons. The number of ether oxygens (including phenoxy) is 2. The number of nitro benzene ring substituents is 1. The molecule has 1 fully saturated rings. The van der Waals surface area contributed by atoms with Gasteiger partial charge in [0.1, 0.15) is 11.5 Å². The highest BCUT2D eigenvalue weighted by molar-refractivity contribution is 5.69. The molecule has 0 aliphatic carbocycles. The summed E-state index contributed by atoms with van der Waals surface area (Å²) in [5.41, 5.74) is 1.51. The number of amides is 1. The van der Waals surface area contributed by atoms with Crippen LogP contribution >= 0.6 is 0 Å². The summed E-state index contributed by atoms with van der Waals surface area (Å²) in [5, 5.41) is 19.7. The second kappa shape index (κ2) is 8.46. The molecule has 1 saturated heterocycles. The van der Waals surface area contributed by atoms with Crippen molar-refractivity contribution in [2.24, 2.45) is 0 Å². The van der Waals surface area contributed by atoms with Crippen molar-refractivity contribution in [2.45, 2.75) is 6.92 Å². The largest absolute Gasteiger partial charge is 0.519 e. The number of non-ortho nitro benzene ring substituents is 1. The Labute approximate surface area is 166 Å². The smallest absolute Gasteiger partial charge is 0.465 e. The van der Waals surface area contributed by atoms with Gasteiger partial charge in [-0.1, -0.05) is 0 Å². The first-order chi connectivity index (χ1) is 13.8. The van der Waals surface area contributed by atoms with Crippen molar-refractivity contribution < 1.29 is 29.1 Å². The van der Waals surface area contributed by atoms with Gasteiger partial charge in [-0.2, -0.15) is 0 Å². The maximum absolute atomic E-state index is 12.0. The van der Waals surface area contributed by atoms with Gasteiger partial charge in [0.15, 0.2) is 0 Å². The van der Waals surface area contributed by atoms with Crippen molar-refractivity contribution in [3.63, 3.8) is 0 Å². The normalized spacial score (nSPS) is 13.7. The quantitative estimate of drug-likeness (QED) is 0.358. The van der Waals surface area contributed by atoms with E-state index in [2.05, 4.69) is 4.90 Å². The average molecular weight is 401 g/mol. The van der Waals surface area contributed by atoms with Crippen LogP contribution in [-0.4, -0.2) is 53.4 Å². The van der Waals surface area contributed by atoms with Gasteiger partial charge in [0.05, 0.1) is 4.92 Å². The first-order valence-electron chi connectivity index (χ1n) is 8.81. The number of carbonyl (C=O) groups is 2. The van der Waals surface area contributed by atoms with Crippen LogP contribution in [0.2, 0.25) is 0 Å². The standard InChI is InChI=1S/C19H19N3O7/c1-13-12-15(20-8-10-21(11-9-20)18(23)24)4-7-17(13)29-19(25)28-16-5-2-14(3-6-16)22(26)27/h2-7,12H,8-11H2,1H3,(H,23,24). The molecule has 152 valence electrons. The molecule has 3 rings (SSSR count). The number of piperazine rings is 1. The minimum absolute atomic E-state index is 0.110. The van der Waals surface area contributed by atoms with E-state index >= 15 is 0 Å². The zero-order chi connectivity index (χ0) is 21.0. The second-order valence-corrected chi connectivity index (χ2v) is 6.41. The predicted octanol–water partition coefficient (Wildman–Crippen LogP) is 3.28. The molecule has 10 nitrogen and oxygen atoms in total. The molecule has 1 N–H and O–H groups in total. The van der Waals surface area contributed by atoms with Crippen LogP contribution < -0.4 is 14.4 Å². The number of anilines is 1. The third-order valence-corrected chi connectivity index (χ3v) is 4.52. The van der Waals surface area contributed by atoms with Crippen molar-refractivity contribution in [3.8, 4) is 11.5 Å². The Morgan fingerprint density at radius 3 is 2.24 bits per heavy atom. The summed E-state index contributed by atoms with van der Waals surface area (Å²) in [7, 11) is 0. The fraction of sp³-hybridized carbons (Fsp3) is 0.263. The lowest BCUT2D eigenvalue weighted by atomic mass is 10.1. The van der Waals surface area contributed by atoms with Crippen molar-refractivity contribution >= 4 is 23.6 Å². The monoisotopic (exact) mass is 401 g/mol. The zero-order valence-electron chi connectivity index (χ0n) is 15.6. The van der Waals surface area contributed by atoms with Crippen LogP contribution in [0, 0.1) is 17.0 Å². The van der Waals surface area contributed by atoms with Crippen molar-refractivity contribution in [3.05, 3.63) is 58.1 Å². The number of carboxylic acid groups (broad SMARTS) is 1. The molecular formula is C19H19N3O7. The molecule has 1 heterocycles. The Morgan fingerprint density at radius 2 is 1.69 bits per heavy atom. The van der Waals surface area contributed by atoms with Crippen LogP contribution in [0.25, 0.3) is 0 Å². The summed E-state index contributed by atoms with van der Waals surface area (Å²) in [6.07, 6.45) is -1.87. The molecule has 1 aliphatic rings. The number of nitro groups is 1. The highest BCUT2D eigenvalue weighted by atomic mass is 16.7. The maximum atomic E-state index is 12.0. The summed E-state index contributed by atoms with van der Waals surface area (Å²) in [6.45, 7) is 3.79. The minimum atomic E-state index is -0.954. The van der Waals surface area contributed by atoms with E-state index in [9.17, 15) is 19.7 Å². The fourth-order valence-corrected chi connectivity index (χ4v) is 2.94. The van der Waals surface area contributed by atoms with Gasteiger partial charge >= 0.3 is 12.2 Å². The Balaban J connectivity index is 1.59. The molecule has 0 aromatic heterocycles. The lowest BCUT2D eigenvalue weighted by Gasteiger charge is -2.34. The molecule has 0 spiro atoms. The fourth-order valence-electron chi connectivity index (χ4n) is 2.94. The Bertz CT molecular complexity index is 922. The van der Waals surface area contributed by atoms with E-state index in [0.29, 0.717) is 37.5 Å². The summed E-state index contributed by atoms with van der Waals surface area (Å²) in [4.78, 5) is 36.5. The van der Waals surface area contributed by atoms with Gasteiger partial charge in [-0.15, -0.1) is 0 Å². The zero-order valence-corrected chi connectivity index (χ0v) is 15.6. The van der Waals surface area contributed by atoms with Crippen molar-refractivity contribution in [1.29, 1.82) is 0 Å². The predicted molar refractivity (Wildman–Crippen MR) is 103 cm³/mol. The van der Waals surface area contributed by atoms with Gasteiger partial charge in [0, 0.05) is 44.0 Å². The first-order valence-corrected chi connectivity index (χ1v) is 8.81. The number of rotatable bonds is 4. The van der Waals surface area contributed by atoms with Crippen molar-refractivity contribution in [1.82, 2.24) is 4.90 Å². The number of hydrogen-bond acceptors (Lipinski definition) is 7. The van der Waals surface area contributed by atoms with E-state index in [1.165, 1.54) is 29.2 Å². The molecule has 29 heavy (non-hydrogen) atoms. The van der Waals surface area contributed by atoms with Gasteiger partial charge in [0.2, 0.25) is 0 Å². The Morgan fingerprint density at radius 1 is 1.03 bits per heavy atom. The van der Waals surface area contributed by atoms with E-state index in [1.807, 2.05) is 6.07 Å². The van der Waals surface area contributed by atoms with Crippen LogP contribution in [-0.2, 0) is 0 Å². The van der Waals surface area contributed by atoms with E-state index < -0.39 is 17.2 Å². The van der Waals surface area contributed by atoms with E-state index in [0.717, 1.165) is 5.69 Å². The Hall–Kier alpha value is -3.82. The molecule has 1 amide bonds. The van der Waals surface area contributed by atoms with Crippen LogP contribution in [0.15, 0.2) is 42.5 Å². The Kier molecular flexibility index (Phi) is 5.82. The average Bonchev–Trinajstić information content (AvgIpc) is 2.70. The van der Waals surface area contributed by atoms with Crippen LogP contribution in [0.1, 0.15) is 5.56 Å². The summed E-state index contributed by atoms with van der Waals surface area (Å²) < 4.78 is 10.3. The number of aryl methyl sites for hydroxylation is 1. The molecular weight excluding hydrogens is 382 g/mol. The first kappa shape index (κ1) is 19.9. The summed E-state index contributed by atoms with van der Waals surface area (Å²) in [5.74, 6) is 0.455. The van der Waals surface area contributed by atoms with Gasteiger partial charge < -0.3 is 24.4 Å². The molecule has 10 heteroatoms. The van der Waals surface area contributed by atoms with Gasteiger partial charge in [0.25, 0.3) is 5.69 Å². The van der Waals surface area contributed by atoms with Crippen molar-refractivity contribution in [2.75, 3.05) is 31.1 Å². The van der Waals surface area contributed by atoms with Gasteiger partial charge in [-0.25, -0.2) is 9.59 Å².